The molecular weight excluding hydrogens is 285 g/mol. The van der Waals surface area contributed by atoms with E-state index in [1.54, 1.807) is 0 Å². The van der Waals surface area contributed by atoms with Gasteiger partial charge in [0.15, 0.2) is 0 Å². The van der Waals surface area contributed by atoms with Gasteiger partial charge in [-0.2, -0.15) is 0 Å². The molecule has 1 aromatic carbocycles. The number of rotatable bonds is 1. The number of nitrogens with zero attached hydrogens (tertiary/aromatic N) is 1. The van der Waals surface area contributed by atoms with Crippen LogP contribution < -0.4 is 4.31 Å². The van der Waals surface area contributed by atoms with Crippen molar-refractivity contribution in [1.82, 2.24) is 0 Å². The highest BCUT2D eigenvalue weighted by molar-refractivity contribution is 8.00. The van der Waals surface area contributed by atoms with Crippen molar-refractivity contribution in [3.05, 3.63) is 23.0 Å². The van der Waals surface area contributed by atoms with Crippen molar-refractivity contribution in [2.45, 2.75) is 17.9 Å². The van der Waals surface area contributed by atoms with E-state index in [9.17, 15) is 12.8 Å². The van der Waals surface area contributed by atoms with Gasteiger partial charge in [0.2, 0.25) is 10.0 Å². The lowest BCUT2D eigenvalue weighted by Crippen LogP contribution is -2.41. The maximum atomic E-state index is 13.3. The first-order valence-corrected chi connectivity index (χ1v) is 8.13. The molecule has 3 nitrogen and oxygen atoms in total. The van der Waals surface area contributed by atoms with E-state index < -0.39 is 15.8 Å². The SMILES string of the molecule is CC1CSc2c(ccc(F)c2Cl)N1S(C)(=O)=O. The molecule has 0 aliphatic carbocycles. The van der Waals surface area contributed by atoms with Crippen LogP contribution >= 0.6 is 23.4 Å². The topological polar surface area (TPSA) is 37.4 Å². The van der Waals surface area contributed by atoms with E-state index in [1.165, 1.54) is 28.2 Å². The van der Waals surface area contributed by atoms with Crippen molar-refractivity contribution in [3.8, 4) is 0 Å². The predicted octanol–water partition coefficient (Wildman–Crippen LogP) is 2.74. The zero-order chi connectivity index (χ0) is 12.8. The number of anilines is 1. The van der Waals surface area contributed by atoms with Gasteiger partial charge >= 0.3 is 0 Å². The molecule has 0 saturated carbocycles. The van der Waals surface area contributed by atoms with Crippen LogP contribution in [0.2, 0.25) is 5.02 Å². The van der Waals surface area contributed by atoms with Crippen molar-refractivity contribution in [3.63, 3.8) is 0 Å². The van der Waals surface area contributed by atoms with Gasteiger partial charge < -0.3 is 0 Å². The molecule has 0 N–H and O–H groups in total. The summed E-state index contributed by atoms with van der Waals surface area (Å²) in [5.41, 5.74) is 0.461. The van der Waals surface area contributed by atoms with Crippen LogP contribution in [0.1, 0.15) is 6.92 Å². The molecule has 1 aliphatic rings. The van der Waals surface area contributed by atoms with Crippen LogP contribution in [0.4, 0.5) is 10.1 Å². The zero-order valence-electron chi connectivity index (χ0n) is 9.28. The fourth-order valence-electron chi connectivity index (χ4n) is 1.85. The number of halogens is 2. The summed E-state index contributed by atoms with van der Waals surface area (Å²) < 4.78 is 38.1. The molecule has 17 heavy (non-hydrogen) atoms. The van der Waals surface area contributed by atoms with Crippen LogP contribution in [0.25, 0.3) is 0 Å². The maximum Gasteiger partial charge on any atom is 0.232 e. The van der Waals surface area contributed by atoms with Gasteiger partial charge in [0.05, 0.1) is 27.9 Å². The van der Waals surface area contributed by atoms with E-state index in [0.717, 1.165) is 6.26 Å². The molecule has 1 aliphatic heterocycles. The summed E-state index contributed by atoms with van der Waals surface area (Å²) in [6.45, 7) is 1.81. The highest BCUT2D eigenvalue weighted by Crippen LogP contribution is 2.43. The van der Waals surface area contributed by atoms with Crippen LogP contribution in [0.15, 0.2) is 17.0 Å². The van der Waals surface area contributed by atoms with Gasteiger partial charge in [-0.25, -0.2) is 12.8 Å². The molecule has 0 fully saturated rings. The Kier molecular flexibility index (Phi) is 3.31. The smallest absolute Gasteiger partial charge is 0.232 e. The van der Waals surface area contributed by atoms with Crippen molar-refractivity contribution in [1.29, 1.82) is 0 Å². The van der Waals surface area contributed by atoms with Crippen LogP contribution in [0, 0.1) is 5.82 Å². The monoisotopic (exact) mass is 295 g/mol. The number of sulfonamides is 1. The third-order valence-electron chi connectivity index (χ3n) is 2.49. The van der Waals surface area contributed by atoms with E-state index >= 15 is 0 Å². The van der Waals surface area contributed by atoms with Gasteiger partial charge in [0.25, 0.3) is 0 Å². The number of fused-ring (bicyclic) bond motifs is 1. The van der Waals surface area contributed by atoms with E-state index in [1.807, 2.05) is 6.92 Å². The van der Waals surface area contributed by atoms with E-state index in [2.05, 4.69) is 0 Å². The molecule has 0 amide bonds. The highest BCUT2D eigenvalue weighted by Gasteiger charge is 2.32. The molecule has 94 valence electrons. The Morgan fingerprint density at radius 1 is 1.53 bits per heavy atom. The molecule has 1 aromatic rings. The van der Waals surface area contributed by atoms with Crippen LogP contribution in [0.5, 0.6) is 0 Å². The van der Waals surface area contributed by atoms with E-state index in [4.69, 9.17) is 11.6 Å². The Morgan fingerprint density at radius 2 is 2.18 bits per heavy atom. The molecule has 0 bridgehead atoms. The summed E-state index contributed by atoms with van der Waals surface area (Å²) in [6.07, 6.45) is 1.14. The number of hydrogen-bond donors (Lipinski definition) is 0. The van der Waals surface area contributed by atoms with Gasteiger partial charge in [-0.3, -0.25) is 4.31 Å². The van der Waals surface area contributed by atoms with Crippen molar-refractivity contribution in [2.24, 2.45) is 0 Å². The minimum Gasteiger partial charge on any atom is -0.266 e. The second-order valence-electron chi connectivity index (χ2n) is 3.93. The molecule has 0 spiro atoms. The largest absolute Gasteiger partial charge is 0.266 e. The minimum atomic E-state index is -3.38. The van der Waals surface area contributed by atoms with Crippen LogP contribution in [0.3, 0.4) is 0 Å². The summed E-state index contributed by atoms with van der Waals surface area (Å²) >= 11 is 7.24. The molecule has 7 heteroatoms. The zero-order valence-corrected chi connectivity index (χ0v) is 11.7. The summed E-state index contributed by atoms with van der Waals surface area (Å²) in [6, 6.07) is 2.49. The highest BCUT2D eigenvalue weighted by atomic mass is 35.5. The number of hydrogen-bond acceptors (Lipinski definition) is 3. The van der Waals surface area contributed by atoms with Crippen LogP contribution in [-0.2, 0) is 10.0 Å². The normalized spacial score (nSPS) is 20.2. The quantitative estimate of drug-likeness (QED) is 0.799. The summed E-state index contributed by atoms with van der Waals surface area (Å²) in [5.74, 6) is 0.0318. The third-order valence-corrected chi connectivity index (χ3v) is 5.60. The second-order valence-corrected chi connectivity index (χ2v) is 7.20. The fourth-order valence-corrected chi connectivity index (χ4v) is 4.66. The number of thioether (sulfide) groups is 1. The van der Waals surface area contributed by atoms with Gasteiger partial charge in [0, 0.05) is 5.75 Å². The minimum absolute atomic E-state index is 0.00644. The Balaban J connectivity index is 2.65. The lowest BCUT2D eigenvalue weighted by Gasteiger charge is -2.34. The summed E-state index contributed by atoms with van der Waals surface area (Å²) in [4.78, 5) is 0.496. The van der Waals surface area contributed by atoms with Gasteiger partial charge in [-0.05, 0) is 19.1 Å². The molecular formula is C10H11ClFNO2S2. The molecule has 0 radical (unpaired) electrons. The second kappa shape index (κ2) is 4.33. The van der Waals surface area contributed by atoms with Gasteiger partial charge in [-0.1, -0.05) is 11.6 Å². The van der Waals surface area contributed by atoms with E-state index in [-0.39, 0.29) is 11.1 Å². The molecule has 0 saturated heterocycles. The molecule has 1 unspecified atom stereocenters. The van der Waals surface area contributed by atoms with Gasteiger partial charge in [-0.15, -0.1) is 11.8 Å². The first kappa shape index (κ1) is 13.0. The van der Waals surface area contributed by atoms with Crippen LogP contribution in [-0.4, -0.2) is 26.5 Å². The molecule has 1 heterocycles. The lowest BCUT2D eigenvalue weighted by atomic mass is 10.2. The average molecular weight is 296 g/mol. The van der Waals surface area contributed by atoms with Crippen molar-refractivity contribution in [2.75, 3.05) is 16.3 Å². The standard InChI is InChI=1S/C10H11ClFNO2S2/c1-6-5-16-10-8(13(6)17(2,14)15)4-3-7(12)9(10)11/h3-4,6H,5H2,1-2H3. The Morgan fingerprint density at radius 3 is 2.76 bits per heavy atom. The summed E-state index contributed by atoms with van der Waals surface area (Å²) in [7, 11) is -3.38. The van der Waals surface area contributed by atoms with Gasteiger partial charge in [0.1, 0.15) is 5.82 Å². The lowest BCUT2D eigenvalue weighted by molar-refractivity contribution is 0.588. The first-order valence-electron chi connectivity index (χ1n) is 4.92. The molecule has 2 rings (SSSR count). The Labute approximate surface area is 109 Å². The Bertz CT molecular complexity index is 562. The Hall–Kier alpha value is -0.460. The third kappa shape index (κ3) is 2.26. The van der Waals surface area contributed by atoms with E-state index in [0.29, 0.717) is 16.3 Å². The maximum absolute atomic E-state index is 13.3. The first-order chi connectivity index (χ1) is 7.82. The predicted molar refractivity (Wildman–Crippen MR) is 68.9 cm³/mol. The average Bonchev–Trinajstić information content (AvgIpc) is 2.21. The van der Waals surface area contributed by atoms with Crippen molar-refractivity contribution < 1.29 is 12.8 Å². The molecule has 1 atom stereocenters. The van der Waals surface area contributed by atoms with Crippen molar-refractivity contribution >= 4 is 39.1 Å². The summed E-state index contributed by atoms with van der Waals surface area (Å²) in [5, 5.41) is -0.00644. The molecule has 0 aromatic heterocycles. The number of benzene rings is 1. The fraction of sp³-hybridized carbons (Fsp3) is 0.400.